The predicted molar refractivity (Wildman–Crippen MR) is 98.6 cm³/mol. The highest BCUT2D eigenvalue weighted by molar-refractivity contribution is 7.22. The van der Waals surface area contributed by atoms with E-state index >= 15 is 0 Å². The predicted octanol–water partition coefficient (Wildman–Crippen LogP) is 4.27. The van der Waals surface area contributed by atoms with E-state index < -0.39 is 0 Å². The Balaban J connectivity index is 1.42. The summed E-state index contributed by atoms with van der Waals surface area (Å²) in [6.45, 7) is 5.24. The first-order chi connectivity index (χ1) is 11.3. The quantitative estimate of drug-likeness (QED) is 0.708. The smallest absolute Gasteiger partial charge is 0.186 e. The number of benzene rings is 2. The highest BCUT2D eigenvalue weighted by atomic mass is 35.5. The molecule has 0 amide bonds. The van der Waals surface area contributed by atoms with E-state index in [1.165, 1.54) is 10.3 Å². The lowest BCUT2D eigenvalue weighted by Crippen LogP contribution is -2.45. The monoisotopic (exact) mass is 343 g/mol. The lowest BCUT2D eigenvalue weighted by Gasteiger charge is -2.34. The van der Waals surface area contributed by atoms with Crippen LogP contribution in [0.15, 0.2) is 48.5 Å². The number of aromatic nitrogens is 1. The molecule has 0 N–H and O–H groups in total. The lowest BCUT2D eigenvalue weighted by molar-refractivity contribution is 0.250. The van der Waals surface area contributed by atoms with Crippen molar-refractivity contribution >= 4 is 38.3 Å². The second-order valence-corrected chi connectivity index (χ2v) is 7.30. The molecule has 118 valence electrons. The highest BCUT2D eigenvalue weighted by Crippen LogP contribution is 2.31. The number of halogens is 1. The van der Waals surface area contributed by atoms with Crippen LogP contribution < -0.4 is 4.90 Å². The Kier molecular flexibility index (Phi) is 4.21. The van der Waals surface area contributed by atoms with E-state index in [9.17, 15) is 0 Å². The Labute approximate surface area is 145 Å². The van der Waals surface area contributed by atoms with Crippen LogP contribution in [0.5, 0.6) is 0 Å². The second-order valence-electron chi connectivity index (χ2n) is 5.86. The van der Waals surface area contributed by atoms with Gasteiger partial charge in [-0.3, -0.25) is 4.90 Å². The summed E-state index contributed by atoms with van der Waals surface area (Å²) in [5.74, 6) is 0. The van der Waals surface area contributed by atoms with Gasteiger partial charge in [0.05, 0.1) is 10.2 Å². The maximum absolute atomic E-state index is 6.07. The topological polar surface area (TPSA) is 19.4 Å². The van der Waals surface area contributed by atoms with Crippen LogP contribution in [0.1, 0.15) is 5.56 Å². The van der Waals surface area contributed by atoms with Crippen molar-refractivity contribution in [2.45, 2.75) is 6.54 Å². The van der Waals surface area contributed by atoms with Crippen molar-refractivity contribution in [1.82, 2.24) is 9.88 Å². The first-order valence-corrected chi connectivity index (χ1v) is 9.05. The number of anilines is 1. The Morgan fingerprint density at radius 1 is 1.00 bits per heavy atom. The van der Waals surface area contributed by atoms with Crippen LogP contribution in [-0.4, -0.2) is 36.1 Å². The molecule has 0 aliphatic carbocycles. The lowest BCUT2D eigenvalue weighted by atomic mass is 10.2. The van der Waals surface area contributed by atoms with Crippen molar-refractivity contribution in [3.8, 4) is 0 Å². The van der Waals surface area contributed by atoms with Gasteiger partial charge in [0.2, 0.25) is 0 Å². The molecular formula is C18H18ClN3S. The van der Waals surface area contributed by atoms with Gasteiger partial charge in [0, 0.05) is 37.7 Å². The number of hydrogen-bond donors (Lipinski definition) is 0. The third-order valence-corrected chi connectivity index (χ3v) is 5.55. The van der Waals surface area contributed by atoms with Crippen LogP contribution in [0, 0.1) is 0 Å². The van der Waals surface area contributed by atoms with Gasteiger partial charge in [0.25, 0.3) is 0 Å². The summed E-state index contributed by atoms with van der Waals surface area (Å²) >= 11 is 7.80. The molecule has 0 spiro atoms. The van der Waals surface area contributed by atoms with Crippen LogP contribution >= 0.6 is 22.9 Å². The van der Waals surface area contributed by atoms with Crippen LogP contribution in [0.4, 0.5) is 5.13 Å². The van der Waals surface area contributed by atoms with Crippen molar-refractivity contribution in [3.05, 3.63) is 59.1 Å². The van der Waals surface area contributed by atoms with Crippen molar-refractivity contribution < 1.29 is 0 Å². The van der Waals surface area contributed by atoms with Gasteiger partial charge in [-0.1, -0.05) is 53.3 Å². The van der Waals surface area contributed by atoms with Gasteiger partial charge in [-0.15, -0.1) is 0 Å². The van der Waals surface area contributed by atoms with Crippen molar-refractivity contribution in [1.29, 1.82) is 0 Å². The number of nitrogens with zero attached hydrogens (tertiary/aromatic N) is 3. The fourth-order valence-corrected chi connectivity index (χ4v) is 4.25. The molecule has 5 heteroatoms. The first kappa shape index (κ1) is 14.9. The third kappa shape index (κ3) is 3.34. The van der Waals surface area contributed by atoms with Gasteiger partial charge >= 0.3 is 0 Å². The summed E-state index contributed by atoms with van der Waals surface area (Å²) in [7, 11) is 0. The zero-order valence-corrected chi connectivity index (χ0v) is 14.4. The van der Waals surface area contributed by atoms with Crippen molar-refractivity contribution in [2.75, 3.05) is 31.1 Å². The van der Waals surface area contributed by atoms with Crippen molar-refractivity contribution in [2.24, 2.45) is 0 Å². The Bertz CT molecular complexity index is 794. The van der Waals surface area contributed by atoms with Gasteiger partial charge in [0.1, 0.15) is 0 Å². The van der Waals surface area contributed by atoms with Crippen molar-refractivity contribution in [3.63, 3.8) is 0 Å². The number of piperazine rings is 1. The Hall–Kier alpha value is -1.62. The molecule has 2 heterocycles. The fourth-order valence-electron chi connectivity index (χ4n) is 2.96. The normalized spacial score (nSPS) is 16.1. The number of fused-ring (bicyclic) bond motifs is 1. The van der Waals surface area contributed by atoms with Gasteiger partial charge in [-0.05, 0) is 23.8 Å². The van der Waals surface area contributed by atoms with E-state index in [0.29, 0.717) is 0 Å². The zero-order chi connectivity index (χ0) is 15.6. The molecule has 0 unspecified atom stereocenters. The molecule has 0 bridgehead atoms. The summed E-state index contributed by atoms with van der Waals surface area (Å²) in [5, 5.41) is 1.89. The molecule has 0 atom stereocenters. The second kappa shape index (κ2) is 6.48. The van der Waals surface area contributed by atoms with Crippen LogP contribution in [-0.2, 0) is 6.54 Å². The van der Waals surface area contributed by atoms with Crippen LogP contribution in [0.3, 0.4) is 0 Å². The average molecular weight is 344 g/mol. The Morgan fingerprint density at radius 2 is 1.78 bits per heavy atom. The molecule has 1 aliphatic heterocycles. The summed E-state index contributed by atoms with van der Waals surface area (Å²) in [6.07, 6.45) is 0. The molecule has 2 aromatic carbocycles. The SMILES string of the molecule is Clc1ccc2nc(N3CCN(Cc4ccccc4)CC3)sc2c1. The van der Waals surface area contributed by atoms with E-state index in [0.717, 1.165) is 48.4 Å². The summed E-state index contributed by atoms with van der Waals surface area (Å²) in [5.41, 5.74) is 2.43. The number of hydrogen-bond acceptors (Lipinski definition) is 4. The molecule has 1 aliphatic rings. The van der Waals surface area contributed by atoms with Gasteiger partial charge in [-0.2, -0.15) is 0 Å². The summed E-state index contributed by atoms with van der Waals surface area (Å²) in [4.78, 5) is 9.65. The molecule has 1 saturated heterocycles. The van der Waals surface area contributed by atoms with Gasteiger partial charge < -0.3 is 4.90 Å². The standard InChI is InChI=1S/C18H18ClN3S/c19-15-6-7-16-17(12-15)23-18(20-16)22-10-8-21(9-11-22)13-14-4-2-1-3-5-14/h1-7,12H,8-11,13H2. The minimum absolute atomic E-state index is 0.778. The van der Waals surface area contributed by atoms with E-state index in [4.69, 9.17) is 16.6 Å². The zero-order valence-electron chi connectivity index (χ0n) is 12.8. The fraction of sp³-hybridized carbons (Fsp3) is 0.278. The minimum Gasteiger partial charge on any atom is -0.345 e. The van der Waals surface area contributed by atoms with E-state index in [1.54, 1.807) is 11.3 Å². The molecule has 3 aromatic rings. The largest absolute Gasteiger partial charge is 0.345 e. The van der Waals surface area contributed by atoms with Crippen LogP contribution in [0.25, 0.3) is 10.2 Å². The molecule has 0 radical (unpaired) electrons. The molecule has 23 heavy (non-hydrogen) atoms. The average Bonchev–Trinajstić information content (AvgIpc) is 2.99. The molecule has 1 aromatic heterocycles. The summed E-state index contributed by atoms with van der Waals surface area (Å²) < 4.78 is 1.17. The molecule has 0 saturated carbocycles. The van der Waals surface area contributed by atoms with E-state index in [-0.39, 0.29) is 0 Å². The maximum atomic E-state index is 6.07. The first-order valence-electron chi connectivity index (χ1n) is 7.85. The molecule has 3 nitrogen and oxygen atoms in total. The molecule has 4 rings (SSSR count). The Morgan fingerprint density at radius 3 is 2.57 bits per heavy atom. The summed E-state index contributed by atoms with van der Waals surface area (Å²) in [6, 6.07) is 16.6. The highest BCUT2D eigenvalue weighted by Gasteiger charge is 2.19. The minimum atomic E-state index is 0.778. The van der Waals surface area contributed by atoms with Crippen LogP contribution in [0.2, 0.25) is 5.02 Å². The third-order valence-electron chi connectivity index (χ3n) is 4.23. The van der Waals surface area contributed by atoms with Gasteiger partial charge in [0.15, 0.2) is 5.13 Å². The molecule has 1 fully saturated rings. The van der Waals surface area contributed by atoms with E-state index in [2.05, 4.69) is 40.1 Å². The molecular weight excluding hydrogens is 326 g/mol. The number of rotatable bonds is 3. The van der Waals surface area contributed by atoms with E-state index in [1.807, 2.05) is 18.2 Å². The van der Waals surface area contributed by atoms with Gasteiger partial charge in [-0.25, -0.2) is 4.98 Å². The number of thiazole rings is 1. The maximum Gasteiger partial charge on any atom is 0.186 e.